The third-order valence-electron chi connectivity index (χ3n) is 4.32. The van der Waals surface area contributed by atoms with E-state index in [0.29, 0.717) is 0 Å². The molecule has 0 saturated heterocycles. The molecular weight excluding hydrogens is 272 g/mol. The maximum absolute atomic E-state index is 9.91. The summed E-state index contributed by atoms with van der Waals surface area (Å²) in [4.78, 5) is 0. The molecule has 0 aromatic heterocycles. The van der Waals surface area contributed by atoms with E-state index in [0.717, 1.165) is 0 Å². The molecule has 1 atom stereocenters. The average Bonchev–Trinajstić information content (AvgIpc) is 2.53. The Morgan fingerprint density at radius 2 is 1.52 bits per heavy atom. The Kier molecular flexibility index (Phi) is 5.15. The Labute approximate surface area is 129 Å². The molecule has 110 valence electrons. The third kappa shape index (κ3) is 3.72. The normalized spacial score (nSPS) is 14.0. The van der Waals surface area contributed by atoms with Gasteiger partial charge in [0.2, 0.25) is 0 Å². The van der Waals surface area contributed by atoms with Crippen LogP contribution in [0.1, 0.15) is 12.5 Å². The molecule has 1 nitrogen and oxygen atoms in total. The number of aliphatic hydroxyl groups excluding tert-OH is 1. The molecule has 0 saturated carbocycles. The van der Waals surface area contributed by atoms with Crippen molar-refractivity contribution in [1.82, 2.24) is 0 Å². The Morgan fingerprint density at radius 3 is 2.05 bits per heavy atom. The van der Waals surface area contributed by atoms with Crippen LogP contribution in [0.4, 0.5) is 0 Å². The fourth-order valence-corrected chi connectivity index (χ4v) is 5.27. The molecule has 0 aliphatic rings. The summed E-state index contributed by atoms with van der Waals surface area (Å²) in [5.74, 6) is 0. The topological polar surface area (TPSA) is 20.2 Å². The molecule has 0 bridgehead atoms. The summed E-state index contributed by atoms with van der Waals surface area (Å²) in [5, 5.41) is 11.3. The van der Waals surface area contributed by atoms with Gasteiger partial charge >= 0.3 is 0 Å². The van der Waals surface area contributed by atoms with Gasteiger partial charge in [-0.2, -0.15) is 0 Å². The first-order valence-electron chi connectivity index (χ1n) is 7.46. The molecule has 0 fully saturated rings. The quantitative estimate of drug-likeness (QED) is 0.825. The molecule has 0 aliphatic heterocycles. The Balaban J connectivity index is 2.31. The molecule has 0 amide bonds. The van der Waals surface area contributed by atoms with Crippen LogP contribution in [-0.4, -0.2) is 19.8 Å². The minimum Gasteiger partial charge on any atom is -0.396 e. The highest BCUT2D eigenvalue weighted by Gasteiger charge is 2.31. The number of aliphatic hydroxyl groups is 1. The molecule has 2 rings (SSSR count). The Hall–Kier alpha value is -1.64. The maximum Gasteiger partial charge on any atom is 0.0898 e. The van der Waals surface area contributed by atoms with Gasteiger partial charge in [-0.15, -0.1) is 0 Å². The van der Waals surface area contributed by atoms with Gasteiger partial charge in [-0.25, -0.2) is 0 Å². The monoisotopic (exact) mass is 296 g/mol. The summed E-state index contributed by atoms with van der Waals surface area (Å²) in [5.41, 5.74) is 2.69. The fraction of sp³-hybridized carbons (Fsp3) is 0.263. The van der Waals surface area contributed by atoms with Crippen LogP contribution in [0, 0.1) is 0 Å². The van der Waals surface area contributed by atoms with Crippen molar-refractivity contribution >= 4 is 18.8 Å². The van der Waals surface area contributed by atoms with Crippen molar-refractivity contribution in [3.8, 4) is 0 Å². The average molecular weight is 296 g/mol. The Bertz CT molecular complexity index is 587. The summed E-state index contributed by atoms with van der Waals surface area (Å²) in [6.45, 7) is 7.00. The van der Waals surface area contributed by atoms with Gasteiger partial charge < -0.3 is 5.11 Å². The largest absolute Gasteiger partial charge is 0.396 e. The van der Waals surface area contributed by atoms with Gasteiger partial charge in [-0.05, 0) is 18.1 Å². The second-order valence-corrected chi connectivity index (χ2v) is 10.9. The van der Waals surface area contributed by atoms with Crippen LogP contribution in [0.2, 0.25) is 18.6 Å². The van der Waals surface area contributed by atoms with Gasteiger partial charge in [0, 0.05) is 12.1 Å². The number of benzene rings is 2. The van der Waals surface area contributed by atoms with Gasteiger partial charge in [-0.1, -0.05) is 85.0 Å². The van der Waals surface area contributed by atoms with Crippen molar-refractivity contribution < 1.29 is 5.11 Å². The molecule has 2 aromatic carbocycles. The zero-order valence-electron chi connectivity index (χ0n) is 13.1. The maximum atomic E-state index is 9.91. The standard InChI is InChI=1S/C19H24OSi/c1-16(17-10-6-4-7-11-17)14-19(15-20)21(2,3)18-12-8-5-9-13-18/h4-14,19-20H,15H2,1-3H3/b16-14+/t19-/m0/s1. The molecule has 0 radical (unpaired) electrons. The highest BCUT2D eigenvalue weighted by atomic mass is 28.3. The van der Waals surface area contributed by atoms with Crippen LogP contribution in [0.25, 0.3) is 5.57 Å². The predicted octanol–water partition coefficient (Wildman–Crippen LogP) is 4.07. The van der Waals surface area contributed by atoms with Crippen molar-refractivity contribution in [3.05, 3.63) is 72.3 Å². The molecular formula is C19H24OSi. The summed E-state index contributed by atoms with van der Waals surface area (Å²) in [6, 6.07) is 21.0. The second kappa shape index (κ2) is 6.88. The molecule has 0 spiro atoms. The second-order valence-electron chi connectivity index (χ2n) is 6.09. The zero-order chi connectivity index (χ0) is 15.3. The minimum absolute atomic E-state index is 0.207. The first-order valence-corrected chi connectivity index (χ1v) is 10.5. The summed E-state index contributed by atoms with van der Waals surface area (Å²) in [7, 11) is -1.73. The zero-order valence-corrected chi connectivity index (χ0v) is 14.1. The number of hydrogen-bond donors (Lipinski definition) is 1. The van der Waals surface area contributed by atoms with Gasteiger partial charge in [0.15, 0.2) is 0 Å². The van der Waals surface area contributed by atoms with Gasteiger partial charge in [0.25, 0.3) is 0 Å². The van der Waals surface area contributed by atoms with E-state index < -0.39 is 8.07 Å². The molecule has 0 aliphatic carbocycles. The lowest BCUT2D eigenvalue weighted by Crippen LogP contribution is -2.46. The van der Waals surface area contributed by atoms with E-state index in [1.54, 1.807) is 0 Å². The summed E-state index contributed by atoms with van der Waals surface area (Å²) < 4.78 is 0. The first-order chi connectivity index (χ1) is 10.1. The van der Waals surface area contributed by atoms with E-state index >= 15 is 0 Å². The number of allylic oxidation sites excluding steroid dienone is 1. The summed E-state index contributed by atoms with van der Waals surface area (Å²) >= 11 is 0. The fourth-order valence-electron chi connectivity index (χ4n) is 2.67. The molecule has 1 N–H and O–H groups in total. The van der Waals surface area contributed by atoms with E-state index in [2.05, 4.69) is 74.6 Å². The Morgan fingerprint density at radius 1 is 1.00 bits per heavy atom. The van der Waals surface area contributed by atoms with E-state index in [9.17, 15) is 5.11 Å². The lowest BCUT2D eigenvalue weighted by molar-refractivity contribution is 0.300. The van der Waals surface area contributed by atoms with E-state index in [1.807, 2.05) is 12.1 Å². The van der Waals surface area contributed by atoms with E-state index in [4.69, 9.17) is 0 Å². The highest BCUT2D eigenvalue weighted by Crippen LogP contribution is 2.27. The van der Waals surface area contributed by atoms with E-state index in [1.165, 1.54) is 16.3 Å². The van der Waals surface area contributed by atoms with Crippen LogP contribution in [-0.2, 0) is 0 Å². The highest BCUT2D eigenvalue weighted by molar-refractivity contribution is 6.91. The number of rotatable bonds is 5. The van der Waals surface area contributed by atoms with Crippen LogP contribution in [0.3, 0.4) is 0 Å². The molecule has 0 unspecified atom stereocenters. The SMILES string of the molecule is C/C(=C\[C@@H](CO)[Si](C)(C)c1ccccc1)c1ccccc1. The predicted molar refractivity (Wildman–Crippen MR) is 94.5 cm³/mol. The van der Waals surface area contributed by atoms with Crippen LogP contribution in [0.15, 0.2) is 66.7 Å². The van der Waals surface area contributed by atoms with Gasteiger partial charge in [0.05, 0.1) is 8.07 Å². The van der Waals surface area contributed by atoms with Crippen molar-refractivity contribution in [2.24, 2.45) is 0 Å². The minimum atomic E-state index is -1.73. The van der Waals surface area contributed by atoms with Crippen molar-refractivity contribution in [2.45, 2.75) is 25.6 Å². The van der Waals surface area contributed by atoms with Gasteiger partial charge in [-0.3, -0.25) is 0 Å². The first kappa shape index (κ1) is 15.7. The molecule has 2 aromatic rings. The number of hydrogen-bond acceptors (Lipinski definition) is 1. The molecule has 0 heterocycles. The van der Waals surface area contributed by atoms with Crippen LogP contribution < -0.4 is 5.19 Å². The van der Waals surface area contributed by atoms with Crippen molar-refractivity contribution in [1.29, 1.82) is 0 Å². The lowest BCUT2D eigenvalue weighted by Gasteiger charge is -2.30. The van der Waals surface area contributed by atoms with E-state index in [-0.39, 0.29) is 12.1 Å². The van der Waals surface area contributed by atoms with Gasteiger partial charge in [0.1, 0.15) is 0 Å². The summed E-state index contributed by atoms with van der Waals surface area (Å²) in [6.07, 6.45) is 2.26. The third-order valence-corrected chi connectivity index (χ3v) is 8.35. The lowest BCUT2D eigenvalue weighted by atomic mass is 10.1. The van der Waals surface area contributed by atoms with Crippen LogP contribution >= 0.6 is 0 Å². The van der Waals surface area contributed by atoms with Crippen molar-refractivity contribution in [2.75, 3.05) is 6.61 Å². The van der Waals surface area contributed by atoms with Crippen molar-refractivity contribution in [3.63, 3.8) is 0 Å². The van der Waals surface area contributed by atoms with Crippen LogP contribution in [0.5, 0.6) is 0 Å². The smallest absolute Gasteiger partial charge is 0.0898 e. The molecule has 2 heteroatoms. The molecule has 21 heavy (non-hydrogen) atoms.